The summed E-state index contributed by atoms with van der Waals surface area (Å²) in [7, 11) is 0. The third-order valence-electron chi connectivity index (χ3n) is 4.20. The summed E-state index contributed by atoms with van der Waals surface area (Å²) in [6.07, 6.45) is 16.7. The summed E-state index contributed by atoms with van der Waals surface area (Å²) in [5, 5.41) is 17.4. The monoisotopic (exact) mass is 317 g/mol. The van der Waals surface area contributed by atoms with Crippen LogP contribution in [0.3, 0.4) is 0 Å². The van der Waals surface area contributed by atoms with Crippen LogP contribution in [0.5, 0.6) is 0 Å². The van der Waals surface area contributed by atoms with Crippen molar-refractivity contribution in [3.63, 3.8) is 0 Å². The number of aliphatic hydroxyl groups is 2. The summed E-state index contributed by atoms with van der Waals surface area (Å²) in [6.45, 7) is 0.983. The van der Waals surface area contributed by atoms with Crippen molar-refractivity contribution in [2.24, 2.45) is 5.73 Å². The average molecular weight is 318 g/mol. The normalized spacial score (nSPS) is 11.5. The van der Waals surface area contributed by atoms with Crippen molar-refractivity contribution in [3.05, 3.63) is 0 Å². The van der Waals surface area contributed by atoms with Crippen molar-refractivity contribution < 1.29 is 14.9 Å². The molecule has 0 rings (SSSR count). The highest BCUT2D eigenvalue weighted by Crippen LogP contribution is 2.16. The Labute approximate surface area is 137 Å². The number of hydrogen-bond donors (Lipinski definition) is 3. The molecule has 22 heavy (non-hydrogen) atoms. The number of hydrogen-bond acceptors (Lipinski definition) is 4. The maximum absolute atomic E-state index is 8.72. The van der Waals surface area contributed by atoms with Crippen LogP contribution in [0, 0.1) is 0 Å². The molecule has 4 nitrogen and oxygen atoms in total. The number of unbranched alkanes of at least 4 members (excludes halogenated alkanes) is 10. The largest absolute Gasteiger partial charge is 0.396 e. The average Bonchev–Trinajstić information content (AvgIpc) is 2.53. The first kappa shape index (κ1) is 21.8. The standard InChI is InChI=1S/C18H39NO3/c19-17-22-18(13-9-5-1-3-7-11-15-20)14-10-6-2-4-8-12-16-21/h18,20-21H,1-17,19H2. The van der Waals surface area contributed by atoms with E-state index >= 15 is 0 Å². The molecule has 0 aromatic heterocycles. The quantitative estimate of drug-likeness (QED) is 0.266. The first-order chi connectivity index (χ1) is 10.8. The van der Waals surface area contributed by atoms with E-state index in [1.54, 1.807) is 0 Å². The molecule has 0 aliphatic rings. The zero-order valence-electron chi connectivity index (χ0n) is 14.5. The molecule has 0 aliphatic heterocycles. The number of aliphatic hydroxyl groups excluding tert-OH is 2. The van der Waals surface area contributed by atoms with Crippen LogP contribution in [0.15, 0.2) is 0 Å². The highest BCUT2D eigenvalue weighted by atomic mass is 16.5. The first-order valence-corrected chi connectivity index (χ1v) is 9.38. The fourth-order valence-electron chi connectivity index (χ4n) is 2.83. The van der Waals surface area contributed by atoms with Crippen LogP contribution in [-0.2, 0) is 4.74 Å². The first-order valence-electron chi connectivity index (χ1n) is 9.38. The van der Waals surface area contributed by atoms with Crippen molar-refractivity contribution in [2.45, 2.75) is 96.0 Å². The van der Waals surface area contributed by atoms with Gasteiger partial charge < -0.3 is 20.7 Å². The lowest BCUT2D eigenvalue weighted by Gasteiger charge is -2.16. The van der Waals surface area contributed by atoms with E-state index in [0.29, 0.717) is 26.0 Å². The molecule has 0 saturated carbocycles. The topological polar surface area (TPSA) is 75.7 Å². The lowest BCUT2D eigenvalue weighted by molar-refractivity contribution is 0.0424. The van der Waals surface area contributed by atoms with Crippen LogP contribution in [0.25, 0.3) is 0 Å². The van der Waals surface area contributed by atoms with Crippen molar-refractivity contribution in [1.82, 2.24) is 0 Å². The third kappa shape index (κ3) is 16.2. The number of ether oxygens (including phenoxy) is 1. The van der Waals surface area contributed by atoms with E-state index < -0.39 is 0 Å². The SMILES string of the molecule is NCOC(CCCCCCCCO)CCCCCCCCO. The van der Waals surface area contributed by atoms with Crippen LogP contribution in [0.4, 0.5) is 0 Å². The van der Waals surface area contributed by atoms with E-state index in [2.05, 4.69) is 0 Å². The molecule has 0 aromatic rings. The number of rotatable bonds is 18. The van der Waals surface area contributed by atoms with Crippen LogP contribution in [0.1, 0.15) is 89.9 Å². The fourth-order valence-corrected chi connectivity index (χ4v) is 2.83. The molecule has 0 atom stereocenters. The molecule has 0 aliphatic carbocycles. The van der Waals surface area contributed by atoms with Crippen molar-refractivity contribution in [2.75, 3.05) is 19.9 Å². The molecular formula is C18H39NO3. The molecule has 0 radical (unpaired) electrons. The lowest BCUT2D eigenvalue weighted by Crippen LogP contribution is -2.18. The Balaban J connectivity index is 3.44. The minimum atomic E-state index is 0.326. The summed E-state index contributed by atoms with van der Waals surface area (Å²) in [4.78, 5) is 0. The van der Waals surface area contributed by atoms with Gasteiger partial charge in [0.1, 0.15) is 0 Å². The van der Waals surface area contributed by atoms with Crippen LogP contribution < -0.4 is 5.73 Å². The molecule has 0 aromatic carbocycles. The maximum Gasteiger partial charge on any atom is 0.0944 e. The van der Waals surface area contributed by atoms with Gasteiger partial charge in [-0.3, -0.25) is 0 Å². The Morgan fingerprint density at radius 1 is 0.591 bits per heavy atom. The molecule has 4 N–H and O–H groups in total. The van der Waals surface area contributed by atoms with Gasteiger partial charge in [-0.1, -0.05) is 64.2 Å². The molecule has 0 heterocycles. The predicted molar refractivity (Wildman–Crippen MR) is 92.7 cm³/mol. The highest BCUT2D eigenvalue weighted by Gasteiger charge is 2.08. The summed E-state index contributed by atoms with van der Waals surface area (Å²) in [5.41, 5.74) is 5.53. The fraction of sp³-hybridized carbons (Fsp3) is 1.00. The molecule has 0 bridgehead atoms. The highest BCUT2D eigenvalue weighted by molar-refractivity contribution is 4.60. The van der Waals surface area contributed by atoms with E-state index in [1.165, 1.54) is 51.4 Å². The predicted octanol–water partition coefficient (Wildman–Crippen LogP) is 3.73. The van der Waals surface area contributed by atoms with Crippen molar-refractivity contribution in [1.29, 1.82) is 0 Å². The summed E-state index contributed by atoms with van der Waals surface area (Å²) < 4.78 is 5.64. The minimum Gasteiger partial charge on any atom is -0.396 e. The lowest BCUT2D eigenvalue weighted by atomic mass is 10.0. The van der Waals surface area contributed by atoms with E-state index in [0.717, 1.165) is 38.5 Å². The molecule has 0 spiro atoms. The Hall–Kier alpha value is -0.160. The molecule has 134 valence electrons. The Morgan fingerprint density at radius 3 is 1.32 bits per heavy atom. The Kier molecular flexibility index (Phi) is 18.8. The van der Waals surface area contributed by atoms with Gasteiger partial charge in [0, 0.05) is 13.2 Å². The van der Waals surface area contributed by atoms with E-state index in [9.17, 15) is 0 Å². The second-order valence-corrected chi connectivity index (χ2v) is 6.22. The van der Waals surface area contributed by atoms with Crippen LogP contribution in [-0.4, -0.2) is 36.3 Å². The van der Waals surface area contributed by atoms with Gasteiger partial charge in [0.05, 0.1) is 12.8 Å². The van der Waals surface area contributed by atoms with Gasteiger partial charge in [-0.05, 0) is 25.7 Å². The second-order valence-electron chi connectivity index (χ2n) is 6.22. The molecular weight excluding hydrogens is 278 g/mol. The molecule has 0 saturated heterocycles. The third-order valence-corrected chi connectivity index (χ3v) is 4.20. The zero-order valence-corrected chi connectivity index (χ0v) is 14.5. The zero-order chi connectivity index (χ0) is 16.3. The Morgan fingerprint density at radius 2 is 0.955 bits per heavy atom. The van der Waals surface area contributed by atoms with Gasteiger partial charge in [-0.15, -0.1) is 0 Å². The van der Waals surface area contributed by atoms with Crippen molar-refractivity contribution >= 4 is 0 Å². The molecule has 0 fully saturated rings. The molecule has 0 amide bonds. The van der Waals surface area contributed by atoms with Crippen molar-refractivity contribution in [3.8, 4) is 0 Å². The van der Waals surface area contributed by atoms with E-state index in [-0.39, 0.29) is 0 Å². The van der Waals surface area contributed by atoms with E-state index in [1.807, 2.05) is 0 Å². The van der Waals surface area contributed by atoms with Gasteiger partial charge in [0.2, 0.25) is 0 Å². The summed E-state index contributed by atoms with van der Waals surface area (Å²) in [6, 6.07) is 0. The maximum atomic E-state index is 8.72. The Bertz CT molecular complexity index is 185. The smallest absolute Gasteiger partial charge is 0.0944 e. The van der Waals surface area contributed by atoms with E-state index in [4.69, 9.17) is 20.7 Å². The van der Waals surface area contributed by atoms with Gasteiger partial charge >= 0.3 is 0 Å². The summed E-state index contributed by atoms with van der Waals surface area (Å²) >= 11 is 0. The van der Waals surface area contributed by atoms with Gasteiger partial charge in [-0.2, -0.15) is 0 Å². The van der Waals surface area contributed by atoms with Gasteiger partial charge in [0.25, 0.3) is 0 Å². The van der Waals surface area contributed by atoms with Gasteiger partial charge in [-0.25, -0.2) is 0 Å². The van der Waals surface area contributed by atoms with Crippen LogP contribution >= 0.6 is 0 Å². The summed E-state index contributed by atoms with van der Waals surface area (Å²) in [5.74, 6) is 0. The molecule has 0 unspecified atom stereocenters. The minimum absolute atomic E-state index is 0.326. The van der Waals surface area contributed by atoms with Gasteiger partial charge in [0.15, 0.2) is 0 Å². The second kappa shape index (κ2) is 18.9. The molecule has 4 heteroatoms. The number of nitrogens with two attached hydrogens (primary N) is 1. The van der Waals surface area contributed by atoms with Crippen LogP contribution in [0.2, 0.25) is 0 Å².